The van der Waals surface area contributed by atoms with E-state index >= 15 is 0 Å². The molecule has 1 heterocycles. The molecular weight excluding hydrogens is 328 g/mol. The molecule has 2 atom stereocenters. The number of hydrogen-bond donors (Lipinski definition) is 3. The number of amides is 1. The quantitative estimate of drug-likeness (QED) is 0.575. The van der Waals surface area contributed by atoms with Crippen molar-refractivity contribution in [3.63, 3.8) is 0 Å². The number of hydrazine groups is 1. The summed E-state index contributed by atoms with van der Waals surface area (Å²) in [4.78, 5) is 12.5. The summed E-state index contributed by atoms with van der Waals surface area (Å²) >= 11 is 6.07. The minimum Gasteiger partial charge on any atom is -0.495 e. The van der Waals surface area contributed by atoms with Crippen LogP contribution in [0.5, 0.6) is 5.75 Å². The number of nitriles is 1. The molecule has 6 nitrogen and oxygen atoms in total. The van der Waals surface area contributed by atoms with Crippen LogP contribution in [-0.2, 0) is 4.79 Å². The van der Waals surface area contributed by atoms with Gasteiger partial charge in [0.05, 0.1) is 12.8 Å². The molecule has 0 radical (unpaired) electrons. The van der Waals surface area contributed by atoms with Crippen molar-refractivity contribution in [2.45, 2.75) is 32.9 Å². The average molecular weight is 349 g/mol. The molecule has 0 spiro atoms. The van der Waals surface area contributed by atoms with Crippen molar-refractivity contribution < 1.29 is 9.53 Å². The summed E-state index contributed by atoms with van der Waals surface area (Å²) in [5.41, 5.74) is 7.55. The standard InChI is InChI=1S/C17H21ClN4O2/c1-9-5-15(16(24-4)7-14(9)18)20-17(23)12(8-19)6-13-10(2)21-22-11(13)3/h5-7,10-11,13,21-22H,1-4H3,(H,20,23)/b12-6+. The van der Waals surface area contributed by atoms with Crippen molar-refractivity contribution in [3.05, 3.63) is 34.4 Å². The first-order chi connectivity index (χ1) is 11.4. The summed E-state index contributed by atoms with van der Waals surface area (Å²) < 4.78 is 5.24. The predicted octanol–water partition coefficient (Wildman–Crippen LogP) is 2.55. The smallest absolute Gasteiger partial charge is 0.266 e. The zero-order valence-electron chi connectivity index (χ0n) is 14.1. The molecule has 1 aromatic carbocycles. The van der Waals surface area contributed by atoms with Crippen LogP contribution in [0.15, 0.2) is 23.8 Å². The van der Waals surface area contributed by atoms with Crippen LogP contribution in [0.25, 0.3) is 0 Å². The Morgan fingerprint density at radius 3 is 2.54 bits per heavy atom. The summed E-state index contributed by atoms with van der Waals surface area (Å²) in [5, 5.41) is 12.6. The molecule has 1 aliphatic heterocycles. The maximum atomic E-state index is 12.5. The lowest BCUT2D eigenvalue weighted by molar-refractivity contribution is -0.112. The molecular formula is C17H21ClN4O2. The van der Waals surface area contributed by atoms with Gasteiger partial charge in [-0.2, -0.15) is 5.26 Å². The number of anilines is 1. The van der Waals surface area contributed by atoms with Crippen LogP contribution in [0, 0.1) is 24.2 Å². The van der Waals surface area contributed by atoms with Gasteiger partial charge in [-0.1, -0.05) is 17.7 Å². The number of carbonyl (C=O) groups excluding carboxylic acids is 1. The highest BCUT2D eigenvalue weighted by Crippen LogP contribution is 2.31. The fraction of sp³-hybridized carbons (Fsp3) is 0.412. The zero-order chi connectivity index (χ0) is 17.9. The molecule has 24 heavy (non-hydrogen) atoms. The summed E-state index contributed by atoms with van der Waals surface area (Å²) in [6, 6.07) is 5.59. The Kier molecular flexibility index (Phi) is 5.84. The van der Waals surface area contributed by atoms with Gasteiger partial charge < -0.3 is 10.1 Å². The minimum absolute atomic E-state index is 0.0410. The second-order valence-corrected chi connectivity index (χ2v) is 6.30. The fourth-order valence-corrected chi connectivity index (χ4v) is 2.81. The van der Waals surface area contributed by atoms with E-state index in [9.17, 15) is 10.1 Å². The molecule has 7 heteroatoms. The molecule has 0 bridgehead atoms. The van der Waals surface area contributed by atoms with Gasteiger partial charge in [-0.25, -0.2) is 0 Å². The van der Waals surface area contributed by atoms with E-state index in [2.05, 4.69) is 16.2 Å². The highest BCUT2D eigenvalue weighted by Gasteiger charge is 2.29. The normalized spacial score (nSPS) is 23.7. The molecule has 2 unspecified atom stereocenters. The van der Waals surface area contributed by atoms with Crippen LogP contribution < -0.4 is 20.9 Å². The Morgan fingerprint density at radius 2 is 2.00 bits per heavy atom. The molecule has 0 saturated carbocycles. The molecule has 1 amide bonds. The number of nitrogens with zero attached hydrogens (tertiary/aromatic N) is 1. The van der Waals surface area contributed by atoms with E-state index in [-0.39, 0.29) is 23.6 Å². The fourth-order valence-electron chi connectivity index (χ4n) is 2.65. The van der Waals surface area contributed by atoms with E-state index in [1.807, 2.05) is 26.8 Å². The molecule has 1 saturated heterocycles. The molecule has 1 aromatic rings. The number of carbonyl (C=O) groups is 1. The lowest BCUT2D eigenvalue weighted by Gasteiger charge is -2.15. The van der Waals surface area contributed by atoms with Gasteiger partial charge in [0.1, 0.15) is 17.4 Å². The monoisotopic (exact) mass is 348 g/mol. The van der Waals surface area contributed by atoms with E-state index < -0.39 is 5.91 Å². The van der Waals surface area contributed by atoms with Crippen LogP contribution in [-0.4, -0.2) is 25.1 Å². The number of hydrogen-bond acceptors (Lipinski definition) is 5. The van der Waals surface area contributed by atoms with Crippen molar-refractivity contribution >= 4 is 23.2 Å². The van der Waals surface area contributed by atoms with Crippen molar-refractivity contribution in [3.8, 4) is 11.8 Å². The second-order valence-electron chi connectivity index (χ2n) is 5.89. The van der Waals surface area contributed by atoms with Crippen molar-refractivity contribution in [1.29, 1.82) is 5.26 Å². The highest BCUT2D eigenvalue weighted by atomic mass is 35.5. The number of aryl methyl sites for hydroxylation is 1. The summed E-state index contributed by atoms with van der Waals surface area (Å²) in [7, 11) is 1.50. The molecule has 2 rings (SSSR count). The number of benzene rings is 1. The van der Waals surface area contributed by atoms with Crippen LogP contribution in [0.2, 0.25) is 5.02 Å². The minimum atomic E-state index is -0.469. The van der Waals surface area contributed by atoms with Crippen LogP contribution in [0.4, 0.5) is 5.69 Å². The van der Waals surface area contributed by atoms with E-state index in [0.29, 0.717) is 16.5 Å². The Hall–Kier alpha value is -2.07. The number of nitrogens with one attached hydrogen (secondary N) is 3. The van der Waals surface area contributed by atoms with Gasteiger partial charge in [0, 0.05) is 29.1 Å². The first kappa shape index (κ1) is 18.3. The van der Waals surface area contributed by atoms with Gasteiger partial charge in [-0.15, -0.1) is 0 Å². The highest BCUT2D eigenvalue weighted by molar-refractivity contribution is 6.31. The molecule has 3 N–H and O–H groups in total. The Labute approximate surface area is 146 Å². The first-order valence-electron chi connectivity index (χ1n) is 7.65. The maximum Gasteiger partial charge on any atom is 0.266 e. The Bertz CT molecular complexity index is 701. The van der Waals surface area contributed by atoms with Gasteiger partial charge in [0.2, 0.25) is 0 Å². The largest absolute Gasteiger partial charge is 0.495 e. The van der Waals surface area contributed by atoms with Gasteiger partial charge in [-0.05, 0) is 32.4 Å². The van der Waals surface area contributed by atoms with Crippen LogP contribution in [0.1, 0.15) is 19.4 Å². The van der Waals surface area contributed by atoms with Gasteiger partial charge >= 0.3 is 0 Å². The summed E-state index contributed by atoms with van der Waals surface area (Å²) in [5.74, 6) is 0.0187. The zero-order valence-corrected chi connectivity index (χ0v) is 14.9. The average Bonchev–Trinajstić information content (AvgIpc) is 2.86. The topological polar surface area (TPSA) is 86.2 Å². The predicted molar refractivity (Wildman–Crippen MR) is 93.8 cm³/mol. The van der Waals surface area contributed by atoms with Gasteiger partial charge in [-0.3, -0.25) is 15.6 Å². The molecule has 128 valence electrons. The van der Waals surface area contributed by atoms with E-state index in [4.69, 9.17) is 16.3 Å². The van der Waals surface area contributed by atoms with E-state index in [1.165, 1.54) is 7.11 Å². The van der Waals surface area contributed by atoms with Crippen LogP contribution in [0.3, 0.4) is 0 Å². The third-order valence-electron chi connectivity index (χ3n) is 4.15. The lowest BCUT2D eigenvalue weighted by atomic mass is 9.94. The Morgan fingerprint density at radius 1 is 1.38 bits per heavy atom. The van der Waals surface area contributed by atoms with Gasteiger partial charge in [0.15, 0.2) is 0 Å². The number of halogens is 1. The lowest BCUT2D eigenvalue weighted by Crippen LogP contribution is -2.30. The maximum absolute atomic E-state index is 12.5. The van der Waals surface area contributed by atoms with E-state index in [1.54, 1.807) is 18.2 Å². The number of methoxy groups -OCH3 is 1. The first-order valence-corrected chi connectivity index (χ1v) is 8.03. The Balaban J connectivity index is 2.25. The SMILES string of the molecule is COc1cc(Cl)c(C)cc1NC(=O)/C(C#N)=C/C1C(C)NNC1C. The summed E-state index contributed by atoms with van der Waals surface area (Å²) in [6.45, 7) is 5.82. The van der Waals surface area contributed by atoms with Crippen molar-refractivity contribution in [2.75, 3.05) is 12.4 Å². The number of ether oxygens (including phenoxy) is 1. The van der Waals surface area contributed by atoms with Crippen LogP contribution >= 0.6 is 11.6 Å². The third kappa shape index (κ3) is 3.88. The van der Waals surface area contributed by atoms with Gasteiger partial charge in [0.25, 0.3) is 5.91 Å². The van der Waals surface area contributed by atoms with Crippen molar-refractivity contribution in [1.82, 2.24) is 10.9 Å². The third-order valence-corrected chi connectivity index (χ3v) is 4.55. The molecule has 1 fully saturated rings. The summed E-state index contributed by atoms with van der Waals surface area (Å²) in [6.07, 6.45) is 1.70. The molecule has 0 aliphatic carbocycles. The second kappa shape index (κ2) is 7.67. The van der Waals surface area contributed by atoms with Crippen molar-refractivity contribution in [2.24, 2.45) is 5.92 Å². The molecule has 0 aromatic heterocycles. The van der Waals surface area contributed by atoms with E-state index in [0.717, 1.165) is 5.56 Å². The molecule has 1 aliphatic rings. The number of rotatable bonds is 4.